The summed E-state index contributed by atoms with van der Waals surface area (Å²) in [4.78, 5) is 0. The van der Waals surface area contributed by atoms with E-state index >= 15 is 0 Å². The Morgan fingerprint density at radius 1 is 0.248 bits per heavy atom. The molecule has 0 spiro atoms. The molecule has 10 rings (SSSR count). The molecule has 0 aromatic heterocycles. The van der Waals surface area contributed by atoms with Crippen LogP contribution >= 0.6 is 0 Å². The Morgan fingerprint density at radius 3 is 0.688 bits per heavy atom. The van der Waals surface area contributed by atoms with Gasteiger partial charge in [0.1, 0.15) is 0 Å². The van der Waals surface area contributed by atoms with E-state index in [0.717, 1.165) is 168 Å². The first-order valence-corrected chi connectivity index (χ1v) is 39.0. The standard InChI is InChI=1S/C45H46F12.C43H55BF6O2/c1-3-5-7-9-11-13-19-41(20-14-12-10-8-6-4-2)39-25-29(31-21-33(42(46,47)48)27-34(22-31)43(49,50)51)15-17-37(39)38-18-16-30(26-40(38)41)32-23-35(44(52,53)54)28-36(24-32)45(55,56)57;1-7-9-11-13-15-17-23-41(24-18-16-14-12-10-8-2)37-27-30(31-25-32(42(45,46)47)28-33(26-31)43(48,49)50)19-21-35(37)36-22-20-34(29-38(36)41)44-51-39(3,4)40(5,6)52-44/h15-18,21-28H,3-14,19-20H2,1-2H3;19-22,25-29H,7-18,23-24H2,1-6H3. The van der Waals surface area contributed by atoms with Gasteiger partial charge in [-0.25, -0.2) is 0 Å². The van der Waals surface area contributed by atoms with Crippen LogP contribution in [-0.2, 0) is 57.2 Å². The predicted molar refractivity (Wildman–Crippen MR) is 399 cm³/mol. The Kier molecular flexibility index (Phi) is 27.8. The van der Waals surface area contributed by atoms with Gasteiger partial charge in [0, 0.05) is 10.8 Å². The monoisotopic (exact) mass is 1540 g/mol. The van der Waals surface area contributed by atoms with E-state index < -0.39 is 99.6 Å². The van der Waals surface area contributed by atoms with Gasteiger partial charge in [-0.3, -0.25) is 0 Å². The lowest BCUT2D eigenvalue weighted by Crippen LogP contribution is -2.41. The molecule has 0 amide bonds. The molecular formula is C88H101BF18O2. The van der Waals surface area contributed by atoms with Crippen molar-refractivity contribution < 1.29 is 88.3 Å². The van der Waals surface area contributed by atoms with Crippen LogP contribution in [0, 0.1) is 0 Å². The molecule has 0 radical (unpaired) electrons. The third-order valence-corrected chi connectivity index (χ3v) is 22.9. The minimum atomic E-state index is -5.06. The van der Waals surface area contributed by atoms with Crippen molar-refractivity contribution in [2.75, 3.05) is 0 Å². The summed E-state index contributed by atoms with van der Waals surface area (Å²) in [5.41, 5.74) is -3.13. The van der Waals surface area contributed by atoms with E-state index in [0.29, 0.717) is 77.8 Å². The summed E-state index contributed by atoms with van der Waals surface area (Å²) in [6.45, 7) is 16.7. The van der Waals surface area contributed by atoms with Gasteiger partial charge in [0.05, 0.1) is 44.6 Å². The van der Waals surface area contributed by atoms with Gasteiger partial charge in [0.15, 0.2) is 0 Å². The summed E-state index contributed by atoms with van der Waals surface area (Å²) in [5, 5.41) is 0. The van der Waals surface area contributed by atoms with Gasteiger partial charge >= 0.3 is 44.2 Å². The molecule has 2 nitrogen and oxygen atoms in total. The van der Waals surface area contributed by atoms with Gasteiger partial charge < -0.3 is 9.31 Å². The molecule has 109 heavy (non-hydrogen) atoms. The summed E-state index contributed by atoms with van der Waals surface area (Å²) >= 11 is 0. The van der Waals surface area contributed by atoms with Crippen LogP contribution in [0.15, 0.2) is 127 Å². The molecule has 1 aliphatic heterocycles. The van der Waals surface area contributed by atoms with Crippen LogP contribution in [-0.4, -0.2) is 18.3 Å². The van der Waals surface area contributed by atoms with E-state index in [4.69, 9.17) is 9.31 Å². The SMILES string of the molecule is CCCCCCCCC1(CCCCCCCC)c2cc(-c3cc(C(F)(F)F)cc(C(F)(F)F)c3)ccc2-c2ccc(-c3cc(C(F)(F)F)cc(C(F)(F)F)c3)cc21.CCCCCCCCC1(CCCCCCCC)c2cc(B3OC(C)(C)C(C)(C)O3)ccc2-c2ccc(-c3cc(C(F)(F)F)cc(C(F)(F)F)c3)cc21. The molecule has 594 valence electrons. The number of hydrogen-bond acceptors (Lipinski definition) is 2. The van der Waals surface area contributed by atoms with E-state index in [-0.39, 0.29) is 46.0 Å². The van der Waals surface area contributed by atoms with Crippen molar-refractivity contribution >= 4 is 12.6 Å². The average molecular weight is 1540 g/mol. The quantitative estimate of drug-likeness (QED) is 0.0238. The van der Waals surface area contributed by atoms with E-state index in [1.807, 2.05) is 45.9 Å². The zero-order chi connectivity index (χ0) is 79.8. The molecule has 7 aromatic carbocycles. The number of halogens is 18. The fraction of sp³-hybridized carbons (Fsp3) is 0.523. The van der Waals surface area contributed by atoms with Crippen LogP contribution in [0.2, 0.25) is 0 Å². The highest BCUT2D eigenvalue weighted by Crippen LogP contribution is 2.59. The van der Waals surface area contributed by atoms with Crippen molar-refractivity contribution in [2.24, 2.45) is 0 Å². The second-order valence-electron chi connectivity index (χ2n) is 31.3. The van der Waals surface area contributed by atoms with Crippen LogP contribution in [0.3, 0.4) is 0 Å². The molecule has 2 aliphatic carbocycles. The van der Waals surface area contributed by atoms with Gasteiger partial charge in [-0.2, -0.15) is 79.0 Å². The maximum atomic E-state index is 13.9. The number of fused-ring (bicyclic) bond motifs is 6. The van der Waals surface area contributed by atoms with Crippen molar-refractivity contribution in [3.05, 3.63) is 183 Å². The summed E-state index contributed by atoms with van der Waals surface area (Å²) in [5.74, 6) is 0. The minimum absolute atomic E-state index is 0.0770. The van der Waals surface area contributed by atoms with Crippen molar-refractivity contribution in [1.29, 1.82) is 0 Å². The first-order chi connectivity index (χ1) is 51.1. The largest absolute Gasteiger partial charge is 0.494 e. The lowest BCUT2D eigenvalue weighted by molar-refractivity contribution is -0.144. The molecule has 21 heteroatoms. The van der Waals surface area contributed by atoms with Crippen LogP contribution in [0.25, 0.3) is 55.6 Å². The second-order valence-corrected chi connectivity index (χ2v) is 31.3. The number of unbranched alkanes of at least 4 members (excludes halogenated alkanes) is 20. The first kappa shape index (κ1) is 86.3. The molecule has 1 fully saturated rings. The second kappa shape index (κ2) is 35.1. The maximum Gasteiger partial charge on any atom is 0.494 e. The summed E-state index contributed by atoms with van der Waals surface area (Å²) in [6.07, 6.45) is -3.11. The molecule has 3 aliphatic rings. The highest BCUT2D eigenvalue weighted by atomic mass is 19.4. The average Bonchev–Trinajstić information content (AvgIpc) is 1.56. The topological polar surface area (TPSA) is 18.5 Å². The molecule has 0 N–H and O–H groups in total. The van der Waals surface area contributed by atoms with E-state index in [1.54, 1.807) is 30.3 Å². The van der Waals surface area contributed by atoms with Crippen LogP contribution in [0.1, 0.15) is 291 Å². The van der Waals surface area contributed by atoms with Crippen LogP contribution in [0.4, 0.5) is 79.0 Å². The van der Waals surface area contributed by atoms with E-state index in [9.17, 15) is 79.0 Å². The smallest absolute Gasteiger partial charge is 0.399 e. The van der Waals surface area contributed by atoms with Crippen molar-refractivity contribution in [3.63, 3.8) is 0 Å². The molecule has 0 saturated carbocycles. The molecule has 0 atom stereocenters. The Bertz CT molecular complexity index is 3920. The fourth-order valence-electron chi connectivity index (χ4n) is 16.2. The zero-order valence-corrected chi connectivity index (χ0v) is 63.6. The number of hydrogen-bond donors (Lipinski definition) is 0. The van der Waals surface area contributed by atoms with Crippen molar-refractivity contribution in [1.82, 2.24) is 0 Å². The van der Waals surface area contributed by atoms with Crippen LogP contribution in [0.5, 0.6) is 0 Å². The van der Waals surface area contributed by atoms with Crippen molar-refractivity contribution in [3.8, 4) is 55.6 Å². The molecular weight excluding hydrogens is 1440 g/mol. The molecule has 0 bridgehead atoms. The van der Waals surface area contributed by atoms with E-state index in [2.05, 4.69) is 39.8 Å². The number of alkyl halides is 18. The molecule has 1 heterocycles. The predicted octanol–water partition coefficient (Wildman–Crippen LogP) is 30.3. The lowest BCUT2D eigenvalue weighted by atomic mass is 9.68. The Morgan fingerprint density at radius 2 is 0.459 bits per heavy atom. The van der Waals surface area contributed by atoms with Gasteiger partial charge in [-0.15, -0.1) is 0 Å². The highest BCUT2D eigenvalue weighted by Gasteiger charge is 2.53. The lowest BCUT2D eigenvalue weighted by Gasteiger charge is -2.33. The Labute approximate surface area is 631 Å². The summed E-state index contributed by atoms with van der Waals surface area (Å²) in [7, 11) is -0.568. The third kappa shape index (κ3) is 20.6. The highest BCUT2D eigenvalue weighted by molar-refractivity contribution is 6.62. The Balaban J connectivity index is 0.000000252. The minimum Gasteiger partial charge on any atom is -0.399 e. The van der Waals surface area contributed by atoms with Gasteiger partial charge in [-0.05, 0) is 210 Å². The Hall–Kier alpha value is -6.74. The fourth-order valence-corrected chi connectivity index (χ4v) is 16.2. The molecule has 0 unspecified atom stereocenters. The van der Waals surface area contributed by atoms with Gasteiger partial charge in [0.25, 0.3) is 0 Å². The number of benzene rings is 7. The molecule has 1 saturated heterocycles. The summed E-state index contributed by atoms with van der Waals surface area (Å²) < 4.78 is 264. The van der Waals surface area contributed by atoms with Gasteiger partial charge in [-0.1, -0.05) is 236 Å². The first-order valence-electron chi connectivity index (χ1n) is 39.0. The number of rotatable bonds is 32. The maximum absolute atomic E-state index is 13.9. The van der Waals surface area contributed by atoms with Crippen LogP contribution < -0.4 is 5.46 Å². The normalized spacial score (nSPS) is 15.7. The molecule has 7 aromatic rings. The summed E-state index contributed by atoms with van der Waals surface area (Å²) in [6, 6.07) is 26.1. The van der Waals surface area contributed by atoms with Crippen molar-refractivity contribution in [2.45, 2.75) is 294 Å². The zero-order valence-electron chi connectivity index (χ0n) is 63.6. The van der Waals surface area contributed by atoms with E-state index in [1.165, 1.54) is 37.8 Å². The van der Waals surface area contributed by atoms with Gasteiger partial charge in [0.2, 0.25) is 0 Å². The third-order valence-electron chi connectivity index (χ3n) is 22.9.